The lowest BCUT2D eigenvalue weighted by molar-refractivity contribution is -0.115. The fraction of sp³-hybridized carbons (Fsp3) is 0.176. The van der Waals surface area contributed by atoms with Crippen LogP contribution in [0.25, 0.3) is 5.65 Å². The van der Waals surface area contributed by atoms with Crippen LogP contribution in [-0.4, -0.2) is 15.3 Å². The first-order valence-corrected chi connectivity index (χ1v) is 6.93. The predicted molar refractivity (Wildman–Crippen MR) is 83.4 cm³/mol. The molecular weight excluding hydrogens is 262 g/mol. The first kappa shape index (κ1) is 13.4. The number of imidazole rings is 1. The normalized spacial score (nSPS) is 10.8. The molecule has 0 aliphatic carbocycles. The lowest BCUT2D eigenvalue weighted by atomic mass is 10.2. The number of hydrogen-bond donors (Lipinski definition) is 1. The quantitative estimate of drug-likeness (QED) is 0.800. The predicted octanol–water partition coefficient (Wildman–Crippen LogP) is 3.13. The lowest BCUT2D eigenvalue weighted by Crippen LogP contribution is -2.16. The van der Waals surface area contributed by atoms with Crippen LogP contribution in [0.3, 0.4) is 0 Å². The van der Waals surface area contributed by atoms with Crippen LogP contribution in [0.5, 0.6) is 0 Å². The second kappa shape index (κ2) is 5.40. The Hall–Kier alpha value is -2.62. The molecule has 0 saturated heterocycles. The molecule has 4 heteroatoms. The number of carbonyl (C=O) groups is 1. The Morgan fingerprint density at radius 2 is 1.90 bits per heavy atom. The van der Waals surface area contributed by atoms with Crippen LogP contribution in [0.2, 0.25) is 0 Å². The Bertz CT molecular complexity index is 790. The summed E-state index contributed by atoms with van der Waals surface area (Å²) in [5, 5.41) is 2.91. The Balaban J connectivity index is 1.86. The third-order valence-corrected chi connectivity index (χ3v) is 3.53. The molecule has 2 heterocycles. The van der Waals surface area contributed by atoms with Gasteiger partial charge in [-0.05, 0) is 37.6 Å². The summed E-state index contributed by atoms with van der Waals surface area (Å²) >= 11 is 0. The van der Waals surface area contributed by atoms with Gasteiger partial charge in [-0.15, -0.1) is 0 Å². The van der Waals surface area contributed by atoms with Gasteiger partial charge < -0.3 is 9.72 Å². The van der Waals surface area contributed by atoms with E-state index in [1.807, 2.05) is 66.9 Å². The number of hydrogen-bond acceptors (Lipinski definition) is 2. The highest BCUT2D eigenvalue weighted by Gasteiger charge is 2.13. The molecule has 3 rings (SSSR count). The van der Waals surface area contributed by atoms with Gasteiger partial charge in [-0.25, -0.2) is 4.98 Å². The van der Waals surface area contributed by atoms with Crippen molar-refractivity contribution in [1.29, 1.82) is 0 Å². The van der Waals surface area contributed by atoms with E-state index in [9.17, 15) is 4.79 Å². The minimum absolute atomic E-state index is 0.0346. The van der Waals surface area contributed by atoms with Gasteiger partial charge in [-0.2, -0.15) is 0 Å². The van der Waals surface area contributed by atoms with Crippen LogP contribution >= 0.6 is 0 Å². The van der Waals surface area contributed by atoms with Crippen molar-refractivity contribution in [1.82, 2.24) is 9.38 Å². The number of anilines is 1. The zero-order chi connectivity index (χ0) is 14.8. The molecule has 2 aromatic heterocycles. The van der Waals surface area contributed by atoms with Crippen LogP contribution in [0.4, 0.5) is 5.69 Å². The van der Waals surface area contributed by atoms with Gasteiger partial charge in [-0.1, -0.05) is 24.3 Å². The minimum Gasteiger partial charge on any atom is -0.326 e. The Kier molecular flexibility index (Phi) is 3.44. The van der Waals surface area contributed by atoms with Gasteiger partial charge >= 0.3 is 0 Å². The van der Waals surface area contributed by atoms with Crippen LogP contribution < -0.4 is 5.32 Å². The topological polar surface area (TPSA) is 46.4 Å². The van der Waals surface area contributed by atoms with E-state index in [0.29, 0.717) is 6.42 Å². The number of pyridine rings is 1. The third kappa shape index (κ3) is 2.65. The fourth-order valence-corrected chi connectivity index (χ4v) is 2.46. The van der Waals surface area contributed by atoms with E-state index >= 15 is 0 Å². The maximum absolute atomic E-state index is 12.2. The average Bonchev–Trinajstić information content (AvgIpc) is 2.78. The number of rotatable bonds is 3. The average molecular weight is 279 g/mol. The number of nitrogens with zero attached hydrogens (tertiary/aromatic N) is 2. The second-order valence-corrected chi connectivity index (χ2v) is 5.12. The van der Waals surface area contributed by atoms with Crippen LogP contribution in [0.15, 0.2) is 48.7 Å². The summed E-state index contributed by atoms with van der Waals surface area (Å²) in [5.41, 5.74) is 4.66. The number of aryl methyl sites for hydroxylation is 2. The molecule has 0 aliphatic heterocycles. The highest BCUT2D eigenvalue weighted by molar-refractivity contribution is 5.92. The molecule has 0 unspecified atom stereocenters. The van der Waals surface area contributed by atoms with E-state index < -0.39 is 0 Å². The molecule has 1 amide bonds. The molecule has 0 aliphatic rings. The molecule has 1 aromatic carbocycles. The van der Waals surface area contributed by atoms with E-state index in [1.54, 1.807) is 0 Å². The highest BCUT2D eigenvalue weighted by Crippen LogP contribution is 2.16. The number of aromatic nitrogens is 2. The summed E-state index contributed by atoms with van der Waals surface area (Å²) in [6.45, 7) is 3.97. The lowest BCUT2D eigenvalue weighted by Gasteiger charge is -2.06. The SMILES string of the molecule is Cc1nc2c(C)cccn2c1CC(=O)Nc1ccccc1. The van der Waals surface area contributed by atoms with Crippen molar-refractivity contribution in [3.63, 3.8) is 0 Å². The molecule has 1 N–H and O–H groups in total. The second-order valence-electron chi connectivity index (χ2n) is 5.12. The summed E-state index contributed by atoms with van der Waals surface area (Å²) in [5.74, 6) is -0.0346. The zero-order valence-electron chi connectivity index (χ0n) is 12.1. The Morgan fingerprint density at radius 3 is 2.67 bits per heavy atom. The van der Waals surface area contributed by atoms with E-state index in [2.05, 4.69) is 10.3 Å². The molecule has 0 fully saturated rings. The molecule has 0 atom stereocenters. The van der Waals surface area contributed by atoms with Crippen LogP contribution in [0.1, 0.15) is 17.0 Å². The number of benzene rings is 1. The number of amides is 1. The van der Waals surface area contributed by atoms with Crippen molar-refractivity contribution in [2.75, 3.05) is 5.32 Å². The van der Waals surface area contributed by atoms with Gasteiger partial charge in [0.05, 0.1) is 17.8 Å². The molecule has 3 aromatic rings. The number of nitrogens with one attached hydrogen (secondary N) is 1. The number of carbonyl (C=O) groups excluding carboxylic acids is 1. The molecular formula is C17H17N3O. The number of fused-ring (bicyclic) bond motifs is 1. The standard InChI is InChI=1S/C17H17N3O/c1-12-7-6-10-20-15(13(2)18-17(12)20)11-16(21)19-14-8-4-3-5-9-14/h3-10H,11H2,1-2H3,(H,19,21). The van der Waals surface area contributed by atoms with Crippen molar-refractivity contribution in [3.8, 4) is 0 Å². The van der Waals surface area contributed by atoms with Crippen molar-refractivity contribution in [3.05, 3.63) is 65.6 Å². The Morgan fingerprint density at radius 1 is 1.14 bits per heavy atom. The summed E-state index contributed by atoms with van der Waals surface area (Å²) in [6.07, 6.45) is 2.26. The Labute approximate surface area is 123 Å². The third-order valence-electron chi connectivity index (χ3n) is 3.53. The van der Waals surface area contributed by atoms with Gasteiger partial charge in [0, 0.05) is 11.9 Å². The summed E-state index contributed by atoms with van der Waals surface area (Å²) < 4.78 is 2.00. The minimum atomic E-state index is -0.0346. The zero-order valence-corrected chi connectivity index (χ0v) is 12.1. The fourth-order valence-electron chi connectivity index (χ4n) is 2.46. The maximum Gasteiger partial charge on any atom is 0.230 e. The first-order chi connectivity index (χ1) is 10.1. The smallest absolute Gasteiger partial charge is 0.230 e. The van der Waals surface area contributed by atoms with Crippen molar-refractivity contribution < 1.29 is 4.79 Å². The van der Waals surface area contributed by atoms with Crippen molar-refractivity contribution in [2.24, 2.45) is 0 Å². The van der Waals surface area contributed by atoms with Crippen molar-refractivity contribution in [2.45, 2.75) is 20.3 Å². The summed E-state index contributed by atoms with van der Waals surface area (Å²) in [4.78, 5) is 16.8. The largest absolute Gasteiger partial charge is 0.326 e. The van der Waals surface area contributed by atoms with E-state index in [4.69, 9.17) is 0 Å². The maximum atomic E-state index is 12.2. The van der Waals surface area contributed by atoms with Gasteiger partial charge in [0.15, 0.2) is 0 Å². The highest BCUT2D eigenvalue weighted by atomic mass is 16.1. The van der Waals surface area contributed by atoms with Gasteiger partial charge in [0.2, 0.25) is 5.91 Å². The molecule has 0 spiro atoms. The molecule has 0 saturated carbocycles. The van der Waals surface area contributed by atoms with Gasteiger partial charge in [-0.3, -0.25) is 4.79 Å². The summed E-state index contributed by atoms with van der Waals surface area (Å²) in [7, 11) is 0. The molecule has 21 heavy (non-hydrogen) atoms. The first-order valence-electron chi connectivity index (χ1n) is 6.93. The van der Waals surface area contributed by atoms with E-state index in [0.717, 1.165) is 28.3 Å². The van der Waals surface area contributed by atoms with Crippen LogP contribution in [0, 0.1) is 13.8 Å². The van der Waals surface area contributed by atoms with E-state index in [1.165, 1.54) is 0 Å². The molecule has 4 nitrogen and oxygen atoms in total. The number of para-hydroxylation sites is 1. The monoisotopic (exact) mass is 279 g/mol. The van der Waals surface area contributed by atoms with E-state index in [-0.39, 0.29) is 5.91 Å². The molecule has 106 valence electrons. The van der Waals surface area contributed by atoms with Gasteiger partial charge in [0.1, 0.15) is 5.65 Å². The summed E-state index contributed by atoms with van der Waals surface area (Å²) in [6, 6.07) is 13.5. The molecule has 0 bridgehead atoms. The molecule has 0 radical (unpaired) electrons. The van der Waals surface area contributed by atoms with Gasteiger partial charge in [0.25, 0.3) is 0 Å². The van der Waals surface area contributed by atoms with Crippen molar-refractivity contribution >= 4 is 17.2 Å². The van der Waals surface area contributed by atoms with Crippen LogP contribution in [-0.2, 0) is 11.2 Å².